The molecule has 4 heterocycles. The average molecular weight is 517 g/mol. The zero-order valence-electron chi connectivity index (χ0n) is 21.5. The summed E-state index contributed by atoms with van der Waals surface area (Å²) in [4.78, 5) is 20.3. The summed E-state index contributed by atoms with van der Waals surface area (Å²) in [6.45, 7) is 4.01. The minimum absolute atomic E-state index is 0.184. The second-order valence-electron chi connectivity index (χ2n) is 10.2. The Morgan fingerprint density at radius 1 is 1.00 bits per heavy atom. The second-order valence-corrected chi connectivity index (χ2v) is 10.2. The van der Waals surface area contributed by atoms with Crippen LogP contribution in [0.5, 0.6) is 11.5 Å². The van der Waals surface area contributed by atoms with E-state index in [1.54, 1.807) is 4.68 Å². The van der Waals surface area contributed by atoms with Crippen molar-refractivity contribution in [2.24, 2.45) is 12.8 Å². The number of fused-ring (bicyclic) bond motifs is 2. The lowest BCUT2D eigenvalue weighted by molar-refractivity contribution is -0.0365. The Morgan fingerprint density at radius 3 is 2.45 bits per heavy atom. The number of aliphatic hydroxyl groups is 1. The van der Waals surface area contributed by atoms with Crippen molar-refractivity contribution in [3.8, 4) is 22.8 Å². The minimum atomic E-state index is -0.988. The predicted molar refractivity (Wildman–Crippen MR) is 143 cm³/mol. The topological polar surface area (TPSA) is 121 Å². The van der Waals surface area contributed by atoms with Gasteiger partial charge in [0.2, 0.25) is 0 Å². The third kappa shape index (κ3) is 4.66. The van der Waals surface area contributed by atoms with E-state index < -0.39 is 5.60 Å². The fourth-order valence-electron chi connectivity index (χ4n) is 5.38. The van der Waals surface area contributed by atoms with Crippen LogP contribution in [0.15, 0.2) is 53.6 Å². The molecule has 0 amide bonds. The molecule has 2 aliphatic heterocycles. The van der Waals surface area contributed by atoms with Crippen LogP contribution in [0.4, 0.5) is 0 Å². The highest BCUT2D eigenvalue weighted by Crippen LogP contribution is 2.32. The Labute approximate surface area is 220 Å². The van der Waals surface area contributed by atoms with Crippen LogP contribution >= 0.6 is 0 Å². The molecular weight excluding hydrogens is 484 g/mol. The number of aryl methyl sites for hydroxylation is 1. The average Bonchev–Trinajstić information content (AvgIpc) is 3.28. The van der Waals surface area contributed by atoms with Gasteiger partial charge in [-0.25, -0.2) is 4.98 Å². The molecule has 198 valence electrons. The quantitative estimate of drug-likeness (QED) is 0.400. The van der Waals surface area contributed by atoms with Gasteiger partial charge in [-0.05, 0) is 36.1 Å². The Hall–Kier alpha value is -3.73. The summed E-state index contributed by atoms with van der Waals surface area (Å²) in [6, 6.07) is 13.9. The first-order valence-electron chi connectivity index (χ1n) is 13.0. The van der Waals surface area contributed by atoms with Gasteiger partial charge in [-0.3, -0.25) is 18.9 Å². The summed E-state index contributed by atoms with van der Waals surface area (Å²) in [5.74, 6) is 1.57. The van der Waals surface area contributed by atoms with E-state index in [2.05, 4.69) is 21.0 Å². The van der Waals surface area contributed by atoms with Crippen LogP contribution in [0.3, 0.4) is 0 Å². The molecule has 0 spiro atoms. The van der Waals surface area contributed by atoms with E-state index in [0.717, 1.165) is 53.5 Å². The van der Waals surface area contributed by atoms with E-state index in [9.17, 15) is 9.90 Å². The molecular formula is C28H32N6O4. The van der Waals surface area contributed by atoms with Crippen LogP contribution in [0.1, 0.15) is 24.0 Å². The van der Waals surface area contributed by atoms with Gasteiger partial charge in [0, 0.05) is 38.8 Å². The van der Waals surface area contributed by atoms with E-state index in [1.165, 1.54) is 10.9 Å². The van der Waals surface area contributed by atoms with Crippen molar-refractivity contribution in [2.75, 3.05) is 26.3 Å². The number of rotatable bonds is 6. The lowest BCUT2D eigenvalue weighted by atomic mass is 9.91. The van der Waals surface area contributed by atoms with Crippen molar-refractivity contribution in [1.82, 2.24) is 24.2 Å². The molecule has 2 aliphatic rings. The lowest BCUT2D eigenvalue weighted by Crippen LogP contribution is -2.47. The maximum atomic E-state index is 13.4. The zero-order valence-corrected chi connectivity index (χ0v) is 21.5. The molecule has 4 aromatic rings. The Bertz CT molecular complexity index is 1520. The standard InChI is InChI=1S/C28H32N6O4/c1-32-26(21-5-2-19(15-29)3-6-21)24-25(31-32)27(35)34(18-30-24)17-28(36)8-10-33(11-9-28)16-20-4-7-22-23(14-20)38-13-12-37-22/h2-7,14,18,36H,8-13,15-17,29H2,1H3. The summed E-state index contributed by atoms with van der Waals surface area (Å²) in [6.07, 6.45) is 2.65. The first kappa shape index (κ1) is 24.6. The van der Waals surface area contributed by atoms with Crippen molar-refractivity contribution in [2.45, 2.75) is 38.1 Å². The monoisotopic (exact) mass is 516 g/mol. The fraction of sp³-hybridized carbons (Fsp3) is 0.393. The largest absolute Gasteiger partial charge is 0.486 e. The molecule has 0 unspecified atom stereocenters. The van der Waals surface area contributed by atoms with Crippen LogP contribution in [0.25, 0.3) is 22.3 Å². The highest BCUT2D eigenvalue weighted by atomic mass is 16.6. The number of piperidine rings is 1. The normalized spacial score (nSPS) is 17.1. The van der Waals surface area contributed by atoms with Crippen molar-refractivity contribution < 1.29 is 14.6 Å². The number of hydrogen-bond donors (Lipinski definition) is 2. The van der Waals surface area contributed by atoms with Gasteiger partial charge in [0.15, 0.2) is 17.0 Å². The molecule has 10 nitrogen and oxygen atoms in total. The van der Waals surface area contributed by atoms with Gasteiger partial charge in [-0.15, -0.1) is 0 Å². The van der Waals surface area contributed by atoms with Crippen LogP contribution in [-0.4, -0.2) is 61.2 Å². The smallest absolute Gasteiger partial charge is 0.281 e. The Kier molecular flexibility index (Phi) is 6.38. The van der Waals surface area contributed by atoms with Gasteiger partial charge in [0.05, 0.1) is 24.2 Å². The molecule has 38 heavy (non-hydrogen) atoms. The predicted octanol–water partition coefficient (Wildman–Crippen LogP) is 2.05. The summed E-state index contributed by atoms with van der Waals surface area (Å²) in [5, 5.41) is 15.8. The van der Waals surface area contributed by atoms with E-state index in [-0.39, 0.29) is 12.1 Å². The molecule has 3 N–H and O–H groups in total. The number of aromatic nitrogens is 4. The van der Waals surface area contributed by atoms with Crippen molar-refractivity contribution in [3.05, 3.63) is 70.3 Å². The molecule has 0 saturated carbocycles. The third-order valence-corrected chi connectivity index (χ3v) is 7.54. The lowest BCUT2D eigenvalue weighted by Gasteiger charge is -2.38. The molecule has 2 aromatic heterocycles. The molecule has 0 bridgehead atoms. The Balaban J connectivity index is 1.16. The van der Waals surface area contributed by atoms with Crippen molar-refractivity contribution >= 4 is 11.0 Å². The molecule has 1 saturated heterocycles. The van der Waals surface area contributed by atoms with E-state index >= 15 is 0 Å². The molecule has 2 aromatic carbocycles. The maximum absolute atomic E-state index is 13.4. The minimum Gasteiger partial charge on any atom is -0.486 e. The zero-order chi connectivity index (χ0) is 26.3. The van der Waals surface area contributed by atoms with Crippen LogP contribution in [0, 0.1) is 0 Å². The summed E-state index contributed by atoms with van der Waals surface area (Å²) >= 11 is 0. The SMILES string of the molecule is Cn1nc2c(=O)n(CC3(O)CCN(Cc4ccc5c(c4)OCCO5)CC3)cnc2c1-c1ccc(CN)cc1. The summed E-state index contributed by atoms with van der Waals surface area (Å²) in [7, 11) is 1.81. The van der Waals surface area contributed by atoms with Crippen LogP contribution < -0.4 is 20.8 Å². The highest BCUT2D eigenvalue weighted by molar-refractivity contribution is 5.89. The van der Waals surface area contributed by atoms with Crippen LogP contribution in [0.2, 0.25) is 0 Å². The van der Waals surface area contributed by atoms with Gasteiger partial charge < -0.3 is 20.3 Å². The summed E-state index contributed by atoms with van der Waals surface area (Å²) in [5.41, 5.74) is 9.21. The van der Waals surface area contributed by atoms with Gasteiger partial charge >= 0.3 is 0 Å². The fourth-order valence-corrected chi connectivity index (χ4v) is 5.38. The summed E-state index contributed by atoms with van der Waals surface area (Å²) < 4.78 is 14.5. The molecule has 0 radical (unpaired) electrons. The van der Waals surface area contributed by atoms with Crippen LogP contribution in [-0.2, 0) is 26.7 Å². The Morgan fingerprint density at radius 2 is 1.71 bits per heavy atom. The first-order valence-corrected chi connectivity index (χ1v) is 13.0. The number of nitrogens with two attached hydrogens (primary N) is 1. The van der Waals surface area contributed by atoms with E-state index in [1.807, 2.05) is 43.4 Å². The second kappa shape index (κ2) is 9.86. The number of benzene rings is 2. The number of hydrogen-bond acceptors (Lipinski definition) is 8. The molecule has 1 fully saturated rings. The van der Waals surface area contributed by atoms with Gasteiger partial charge in [-0.1, -0.05) is 30.3 Å². The van der Waals surface area contributed by atoms with Crippen molar-refractivity contribution in [3.63, 3.8) is 0 Å². The molecule has 10 heteroatoms. The molecule has 6 rings (SSSR count). The number of nitrogens with zero attached hydrogens (tertiary/aromatic N) is 5. The number of likely N-dealkylation sites (tertiary alicyclic amines) is 1. The van der Waals surface area contributed by atoms with Gasteiger partial charge in [-0.2, -0.15) is 5.10 Å². The highest BCUT2D eigenvalue weighted by Gasteiger charge is 2.33. The number of ether oxygens (including phenoxy) is 2. The van der Waals surface area contributed by atoms with E-state index in [0.29, 0.717) is 43.6 Å². The van der Waals surface area contributed by atoms with Gasteiger partial charge in [0.25, 0.3) is 5.56 Å². The van der Waals surface area contributed by atoms with Gasteiger partial charge in [0.1, 0.15) is 18.7 Å². The third-order valence-electron chi connectivity index (χ3n) is 7.54. The van der Waals surface area contributed by atoms with Crippen molar-refractivity contribution in [1.29, 1.82) is 0 Å². The molecule has 0 atom stereocenters. The first-order chi connectivity index (χ1) is 18.4. The molecule has 0 aliphatic carbocycles. The maximum Gasteiger partial charge on any atom is 0.281 e. The van der Waals surface area contributed by atoms with E-state index in [4.69, 9.17) is 15.2 Å².